The van der Waals surface area contributed by atoms with Crippen LogP contribution in [0.4, 0.5) is 13.2 Å². The summed E-state index contributed by atoms with van der Waals surface area (Å²) in [6.45, 7) is 1.89. The summed E-state index contributed by atoms with van der Waals surface area (Å²) in [6, 6.07) is 3.32. The van der Waals surface area contributed by atoms with Crippen LogP contribution < -0.4 is 0 Å². The van der Waals surface area contributed by atoms with Crippen LogP contribution >= 0.6 is 11.6 Å². The van der Waals surface area contributed by atoms with Crippen LogP contribution in [-0.4, -0.2) is 34.5 Å². The molecule has 0 saturated carbocycles. The van der Waals surface area contributed by atoms with Gasteiger partial charge in [-0.15, -0.1) is 0 Å². The van der Waals surface area contributed by atoms with Crippen molar-refractivity contribution >= 4 is 27.8 Å². The van der Waals surface area contributed by atoms with Crippen LogP contribution in [0.15, 0.2) is 23.4 Å². The number of nitrogens with one attached hydrogen (secondary N) is 1. The molecule has 0 amide bonds. The number of hydrogen-bond donors (Lipinski definition) is 1. The summed E-state index contributed by atoms with van der Waals surface area (Å²) in [7, 11) is -1.13. The van der Waals surface area contributed by atoms with Crippen molar-refractivity contribution in [3.8, 4) is 0 Å². The van der Waals surface area contributed by atoms with Gasteiger partial charge in [-0.3, -0.25) is 0 Å². The molecule has 1 rings (SSSR count). The summed E-state index contributed by atoms with van der Waals surface area (Å²) in [5, 5.41) is 3.83. The average Bonchev–Trinajstić information content (AvgIpc) is 2.41. The van der Waals surface area contributed by atoms with Crippen molar-refractivity contribution in [1.29, 1.82) is 4.78 Å². The molecule has 11 heteroatoms. The molecule has 0 aliphatic rings. The van der Waals surface area contributed by atoms with E-state index in [1.165, 1.54) is 26.2 Å². The van der Waals surface area contributed by atoms with Gasteiger partial charge in [0.2, 0.25) is 0 Å². The minimum absolute atomic E-state index is 0.0996. The van der Waals surface area contributed by atoms with E-state index in [0.29, 0.717) is 6.61 Å². The topological polar surface area (TPSA) is 88.8 Å². The number of nitrogens with zero attached hydrogens (tertiary/aromatic N) is 1. The molecule has 130 valence electrons. The molecule has 1 N–H and O–H groups in total. The standard InChI is InChI=1S/C12H13ClF3NO2.HNO2S/c1-8(17-19-6-5-18-2)10-7-9(13)3-4-11(10)12(14,15)16;1-4(2)3/h3-4,7H,5-6H2,1-2H3;1H/b17-8+;. The third kappa shape index (κ3) is 9.16. The molecule has 1 aromatic carbocycles. The van der Waals surface area contributed by atoms with Gasteiger partial charge in [-0.05, 0) is 25.1 Å². The highest BCUT2D eigenvalue weighted by Gasteiger charge is 2.34. The Bertz CT molecular complexity index is 641. The smallest absolute Gasteiger partial charge is 0.393 e. The van der Waals surface area contributed by atoms with E-state index in [1.54, 1.807) is 0 Å². The van der Waals surface area contributed by atoms with Gasteiger partial charge in [-0.1, -0.05) is 16.8 Å². The Morgan fingerprint density at radius 2 is 1.91 bits per heavy atom. The molecule has 0 aliphatic heterocycles. The normalized spacial score (nSPS) is 11.5. The highest BCUT2D eigenvalue weighted by molar-refractivity contribution is 7.60. The molecule has 0 saturated heterocycles. The molecule has 1 aromatic rings. The number of oxime groups is 1. The second-order valence-electron chi connectivity index (χ2n) is 3.93. The molecular formula is C12H14ClF3N2O4S. The van der Waals surface area contributed by atoms with Crippen molar-refractivity contribution in [1.82, 2.24) is 0 Å². The first-order chi connectivity index (χ1) is 10.6. The summed E-state index contributed by atoms with van der Waals surface area (Å²) in [6.07, 6.45) is -4.47. The molecule has 0 aromatic heterocycles. The van der Waals surface area contributed by atoms with E-state index in [9.17, 15) is 13.2 Å². The number of methoxy groups -OCH3 is 1. The zero-order valence-electron chi connectivity index (χ0n) is 12.1. The molecule has 0 unspecified atom stereocenters. The molecule has 0 aliphatic carbocycles. The Hall–Kier alpha value is -1.65. The number of alkyl halides is 3. The highest BCUT2D eigenvalue weighted by atomic mass is 35.5. The number of benzene rings is 1. The fraction of sp³-hybridized carbons (Fsp3) is 0.417. The number of hydrogen-bond acceptors (Lipinski definition) is 6. The Balaban J connectivity index is 0.00000108. The van der Waals surface area contributed by atoms with Crippen LogP contribution in [0.5, 0.6) is 0 Å². The van der Waals surface area contributed by atoms with Gasteiger partial charge in [-0.2, -0.15) is 26.4 Å². The predicted molar refractivity (Wildman–Crippen MR) is 78.1 cm³/mol. The van der Waals surface area contributed by atoms with E-state index in [1.807, 2.05) is 0 Å². The fourth-order valence-corrected chi connectivity index (χ4v) is 1.55. The molecule has 0 fully saturated rings. The number of rotatable bonds is 5. The lowest BCUT2D eigenvalue weighted by Gasteiger charge is -2.12. The minimum atomic E-state index is -4.47. The first kappa shape index (κ1) is 21.4. The SMILES string of the molecule is COCCO/N=C(\C)c1cc(Cl)ccc1C(F)(F)F.N=S(=O)=O. The minimum Gasteiger partial charge on any atom is -0.393 e. The number of ether oxygens (including phenoxy) is 1. The maximum atomic E-state index is 12.8. The Morgan fingerprint density at radius 1 is 1.35 bits per heavy atom. The Morgan fingerprint density at radius 3 is 2.39 bits per heavy atom. The maximum absolute atomic E-state index is 12.8. The Labute approximate surface area is 137 Å². The lowest BCUT2D eigenvalue weighted by Crippen LogP contribution is -2.12. The van der Waals surface area contributed by atoms with E-state index in [0.717, 1.165) is 6.07 Å². The van der Waals surface area contributed by atoms with Crippen LogP contribution in [0.3, 0.4) is 0 Å². The zero-order chi connectivity index (χ0) is 18.0. The molecule has 0 radical (unpaired) electrons. The fourth-order valence-electron chi connectivity index (χ4n) is 1.38. The summed E-state index contributed by atoms with van der Waals surface area (Å²) < 4.78 is 66.0. The van der Waals surface area contributed by atoms with Gasteiger partial charge in [0.15, 0.2) is 0 Å². The van der Waals surface area contributed by atoms with Crippen molar-refractivity contribution in [3.05, 3.63) is 34.3 Å². The highest BCUT2D eigenvalue weighted by Crippen LogP contribution is 2.33. The molecule has 6 nitrogen and oxygen atoms in total. The predicted octanol–water partition coefficient (Wildman–Crippen LogP) is 3.37. The summed E-state index contributed by atoms with van der Waals surface area (Å²) >= 11 is 5.71. The van der Waals surface area contributed by atoms with Crippen molar-refractivity contribution in [3.63, 3.8) is 0 Å². The lowest BCUT2D eigenvalue weighted by molar-refractivity contribution is -0.137. The van der Waals surface area contributed by atoms with Gasteiger partial charge in [0.25, 0.3) is 0 Å². The molecular weight excluding hydrogens is 361 g/mol. The van der Waals surface area contributed by atoms with Gasteiger partial charge >= 0.3 is 16.7 Å². The summed E-state index contributed by atoms with van der Waals surface area (Å²) in [5.74, 6) is 0. The largest absolute Gasteiger partial charge is 0.417 e. The summed E-state index contributed by atoms with van der Waals surface area (Å²) in [4.78, 5) is 4.85. The van der Waals surface area contributed by atoms with E-state index < -0.39 is 22.2 Å². The first-order valence-corrected chi connectivity index (χ1v) is 7.38. The van der Waals surface area contributed by atoms with Crippen LogP contribution in [-0.2, 0) is 26.3 Å². The quantitative estimate of drug-likeness (QED) is 0.486. The lowest BCUT2D eigenvalue weighted by atomic mass is 10.0. The third-order valence-corrected chi connectivity index (χ3v) is 2.49. The molecule has 0 atom stereocenters. The zero-order valence-corrected chi connectivity index (χ0v) is 13.7. The van der Waals surface area contributed by atoms with Gasteiger partial charge in [0, 0.05) is 17.7 Å². The second kappa shape index (κ2) is 10.2. The van der Waals surface area contributed by atoms with Crippen molar-refractivity contribution < 1.29 is 31.2 Å². The van der Waals surface area contributed by atoms with Gasteiger partial charge in [0.1, 0.15) is 6.61 Å². The Kier molecular flexibility index (Phi) is 9.46. The molecule has 0 bridgehead atoms. The van der Waals surface area contributed by atoms with Crippen molar-refractivity contribution in [2.45, 2.75) is 13.1 Å². The van der Waals surface area contributed by atoms with Crippen LogP contribution in [0.2, 0.25) is 5.02 Å². The van der Waals surface area contributed by atoms with Crippen LogP contribution in [0, 0.1) is 4.78 Å². The van der Waals surface area contributed by atoms with E-state index >= 15 is 0 Å². The first-order valence-electron chi connectivity index (χ1n) is 5.92. The second-order valence-corrected chi connectivity index (χ2v) is 4.83. The summed E-state index contributed by atoms with van der Waals surface area (Å²) in [5.41, 5.74) is -0.795. The van der Waals surface area contributed by atoms with Gasteiger partial charge in [0.05, 0.1) is 17.9 Å². The van der Waals surface area contributed by atoms with Crippen molar-refractivity contribution in [2.75, 3.05) is 20.3 Å². The van der Waals surface area contributed by atoms with Crippen molar-refractivity contribution in [2.24, 2.45) is 5.16 Å². The molecule has 0 spiro atoms. The molecule has 23 heavy (non-hydrogen) atoms. The third-order valence-electron chi connectivity index (χ3n) is 2.26. The van der Waals surface area contributed by atoms with Crippen LogP contribution in [0.25, 0.3) is 0 Å². The van der Waals surface area contributed by atoms with E-state index in [2.05, 4.69) is 5.16 Å². The number of halogens is 4. The monoisotopic (exact) mass is 374 g/mol. The van der Waals surface area contributed by atoms with E-state index in [-0.39, 0.29) is 22.9 Å². The van der Waals surface area contributed by atoms with Gasteiger partial charge < -0.3 is 9.57 Å². The van der Waals surface area contributed by atoms with Crippen LogP contribution in [0.1, 0.15) is 18.1 Å². The van der Waals surface area contributed by atoms with Gasteiger partial charge in [-0.25, -0.2) is 0 Å². The molecule has 0 heterocycles. The van der Waals surface area contributed by atoms with E-state index in [4.69, 9.17) is 34.4 Å². The maximum Gasteiger partial charge on any atom is 0.417 e. The average molecular weight is 375 g/mol.